The highest BCUT2D eigenvalue weighted by atomic mass is 35.5. The minimum absolute atomic E-state index is 0. The predicted molar refractivity (Wildman–Crippen MR) is 92.8 cm³/mol. The third-order valence-corrected chi connectivity index (χ3v) is 4.16. The number of fused-ring (bicyclic) bond motifs is 1. The molecule has 0 atom stereocenters. The van der Waals surface area contributed by atoms with E-state index >= 15 is 0 Å². The van der Waals surface area contributed by atoms with Crippen molar-refractivity contribution in [1.82, 2.24) is 10.3 Å². The number of aryl methyl sites for hydroxylation is 2. The highest BCUT2D eigenvalue weighted by molar-refractivity contribution is 5.85. The Morgan fingerprint density at radius 2 is 1.81 bits per heavy atom. The molecule has 0 amide bonds. The maximum atomic E-state index is 5.04. The van der Waals surface area contributed by atoms with Crippen LogP contribution in [-0.2, 0) is 12.8 Å². The molecule has 1 aliphatic heterocycles. The fraction of sp³-hybridized carbons (Fsp3) is 0.471. The summed E-state index contributed by atoms with van der Waals surface area (Å²) < 4.78 is 0. The van der Waals surface area contributed by atoms with Crippen LogP contribution in [0.25, 0.3) is 10.9 Å². The van der Waals surface area contributed by atoms with Crippen LogP contribution < -0.4 is 10.2 Å². The first-order valence-electron chi connectivity index (χ1n) is 7.70. The van der Waals surface area contributed by atoms with E-state index in [9.17, 15) is 0 Å². The molecule has 1 fully saturated rings. The SMILES string of the molecule is CCc1cc2cccc(CC)c2nc1N1CCNCC1.Cl. The second-order valence-electron chi connectivity index (χ2n) is 5.40. The molecule has 2 aromatic rings. The Hall–Kier alpha value is -1.32. The summed E-state index contributed by atoms with van der Waals surface area (Å²) in [6.07, 6.45) is 2.08. The Labute approximate surface area is 133 Å². The molecule has 3 nitrogen and oxygen atoms in total. The van der Waals surface area contributed by atoms with Crippen molar-refractivity contribution in [2.75, 3.05) is 31.1 Å². The van der Waals surface area contributed by atoms with Crippen LogP contribution >= 0.6 is 12.4 Å². The van der Waals surface area contributed by atoms with Crippen molar-refractivity contribution in [3.05, 3.63) is 35.4 Å². The zero-order valence-corrected chi connectivity index (χ0v) is 13.7. The van der Waals surface area contributed by atoms with Crippen LogP contribution in [0.3, 0.4) is 0 Å². The van der Waals surface area contributed by atoms with Gasteiger partial charge in [-0.05, 0) is 30.0 Å². The quantitative estimate of drug-likeness (QED) is 0.944. The average molecular weight is 306 g/mol. The number of piperazine rings is 1. The summed E-state index contributed by atoms with van der Waals surface area (Å²) in [7, 11) is 0. The maximum absolute atomic E-state index is 5.04. The molecule has 1 N–H and O–H groups in total. The molecule has 114 valence electrons. The molecule has 0 aliphatic carbocycles. The van der Waals surface area contributed by atoms with Crippen molar-refractivity contribution in [3.8, 4) is 0 Å². The van der Waals surface area contributed by atoms with Crippen LogP contribution in [0.15, 0.2) is 24.3 Å². The van der Waals surface area contributed by atoms with Gasteiger partial charge in [-0.15, -0.1) is 12.4 Å². The van der Waals surface area contributed by atoms with Crippen LogP contribution in [-0.4, -0.2) is 31.2 Å². The van der Waals surface area contributed by atoms with Gasteiger partial charge in [0.25, 0.3) is 0 Å². The number of benzene rings is 1. The molecule has 1 aromatic heterocycles. The molecule has 0 saturated carbocycles. The largest absolute Gasteiger partial charge is 0.354 e. The summed E-state index contributed by atoms with van der Waals surface area (Å²) in [5.41, 5.74) is 3.90. The van der Waals surface area contributed by atoms with E-state index in [0.29, 0.717) is 0 Å². The van der Waals surface area contributed by atoms with E-state index in [1.165, 1.54) is 27.8 Å². The molecule has 0 radical (unpaired) electrons. The van der Waals surface area contributed by atoms with Crippen molar-refractivity contribution >= 4 is 29.1 Å². The molecule has 0 spiro atoms. The highest BCUT2D eigenvalue weighted by Gasteiger charge is 2.16. The van der Waals surface area contributed by atoms with Gasteiger partial charge in [0.2, 0.25) is 0 Å². The van der Waals surface area contributed by atoms with Gasteiger partial charge in [-0.3, -0.25) is 0 Å². The minimum Gasteiger partial charge on any atom is -0.354 e. The number of hydrogen-bond donors (Lipinski definition) is 1. The molecule has 2 heterocycles. The fourth-order valence-electron chi connectivity index (χ4n) is 2.99. The lowest BCUT2D eigenvalue weighted by molar-refractivity contribution is 0.584. The van der Waals surface area contributed by atoms with Gasteiger partial charge in [0.05, 0.1) is 5.52 Å². The van der Waals surface area contributed by atoms with Gasteiger partial charge >= 0.3 is 0 Å². The van der Waals surface area contributed by atoms with Crippen molar-refractivity contribution in [2.24, 2.45) is 0 Å². The number of pyridine rings is 1. The molecule has 0 bridgehead atoms. The van der Waals surface area contributed by atoms with E-state index in [0.717, 1.165) is 39.0 Å². The first-order chi connectivity index (χ1) is 9.83. The van der Waals surface area contributed by atoms with Gasteiger partial charge in [-0.1, -0.05) is 32.0 Å². The minimum atomic E-state index is 0. The van der Waals surface area contributed by atoms with Crippen molar-refractivity contribution in [3.63, 3.8) is 0 Å². The number of rotatable bonds is 3. The zero-order chi connectivity index (χ0) is 13.9. The van der Waals surface area contributed by atoms with Gasteiger partial charge in [-0.25, -0.2) is 4.98 Å². The molecule has 4 heteroatoms. The number of nitrogens with one attached hydrogen (secondary N) is 1. The molecule has 0 unspecified atom stereocenters. The molecular formula is C17H24ClN3. The first kappa shape index (κ1) is 16.1. The van der Waals surface area contributed by atoms with Gasteiger partial charge in [0, 0.05) is 31.6 Å². The van der Waals surface area contributed by atoms with Crippen LogP contribution in [0.1, 0.15) is 25.0 Å². The fourth-order valence-corrected chi connectivity index (χ4v) is 2.99. The lowest BCUT2D eigenvalue weighted by atomic mass is 10.0. The summed E-state index contributed by atoms with van der Waals surface area (Å²) in [5.74, 6) is 1.20. The van der Waals surface area contributed by atoms with E-state index in [2.05, 4.69) is 48.3 Å². The topological polar surface area (TPSA) is 28.2 Å². The molecule has 1 aliphatic rings. The number of hydrogen-bond acceptors (Lipinski definition) is 3. The Balaban J connectivity index is 0.00000161. The van der Waals surface area contributed by atoms with E-state index in [1.54, 1.807) is 0 Å². The molecule has 1 aromatic carbocycles. The molecule has 21 heavy (non-hydrogen) atoms. The number of para-hydroxylation sites is 1. The summed E-state index contributed by atoms with van der Waals surface area (Å²) in [6, 6.07) is 8.86. The predicted octanol–water partition coefficient (Wildman–Crippen LogP) is 3.19. The van der Waals surface area contributed by atoms with E-state index < -0.39 is 0 Å². The molecular weight excluding hydrogens is 282 g/mol. The summed E-state index contributed by atoms with van der Waals surface area (Å²) in [4.78, 5) is 7.47. The van der Waals surface area contributed by atoms with Crippen LogP contribution in [0.5, 0.6) is 0 Å². The van der Waals surface area contributed by atoms with Gasteiger partial charge < -0.3 is 10.2 Å². The van der Waals surface area contributed by atoms with E-state index in [4.69, 9.17) is 4.98 Å². The van der Waals surface area contributed by atoms with Crippen molar-refractivity contribution in [1.29, 1.82) is 0 Å². The number of nitrogens with zero attached hydrogens (tertiary/aromatic N) is 2. The second-order valence-corrected chi connectivity index (χ2v) is 5.40. The highest BCUT2D eigenvalue weighted by Crippen LogP contribution is 2.26. The summed E-state index contributed by atoms with van der Waals surface area (Å²) in [6.45, 7) is 8.64. The normalized spacial score (nSPS) is 15.0. The van der Waals surface area contributed by atoms with E-state index in [-0.39, 0.29) is 12.4 Å². The lowest BCUT2D eigenvalue weighted by Crippen LogP contribution is -2.44. The lowest BCUT2D eigenvalue weighted by Gasteiger charge is -2.30. The zero-order valence-electron chi connectivity index (χ0n) is 12.9. The maximum Gasteiger partial charge on any atom is 0.132 e. The van der Waals surface area contributed by atoms with E-state index in [1.807, 2.05) is 0 Å². The third-order valence-electron chi connectivity index (χ3n) is 4.16. The van der Waals surface area contributed by atoms with Crippen molar-refractivity contribution in [2.45, 2.75) is 26.7 Å². The number of anilines is 1. The molecule has 1 saturated heterocycles. The Bertz CT molecular complexity index is 606. The Morgan fingerprint density at radius 3 is 2.48 bits per heavy atom. The van der Waals surface area contributed by atoms with Gasteiger partial charge in [0.15, 0.2) is 0 Å². The monoisotopic (exact) mass is 305 g/mol. The summed E-state index contributed by atoms with van der Waals surface area (Å²) >= 11 is 0. The average Bonchev–Trinajstić information content (AvgIpc) is 2.53. The smallest absolute Gasteiger partial charge is 0.132 e. The standard InChI is InChI=1S/C17H23N3.ClH/c1-3-13-6-5-7-15-12-14(4-2)17(19-16(13)15)20-10-8-18-9-11-20;/h5-7,12,18H,3-4,8-11H2,1-2H3;1H. The van der Waals surface area contributed by atoms with Crippen molar-refractivity contribution < 1.29 is 0 Å². The number of aromatic nitrogens is 1. The second kappa shape index (κ2) is 7.10. The Kier molecular flexibility index (Phi) is 5.43. The van der Waals surface area contributed by atoms with Crippen LogP contribution in [0, 0.1) is 0 Å². The van der Waals surface area contributed by atoms with Crippen LogP contribution in [0.2, 0.25) is 0 Å². The Morgan fingerprint density at radius 1 is 1.10 bits per heavy atom. The van der Waals surface area contributed by atoms with Crippen LogP contribution in [0.4, 0.5) is 5.82 Å². The number of halogens is 1. The third kappa shape index (κ3) is 3.14. The summed E-state index contributed by atoms with van der Waals surface area (Å²) in [5, 5.41) is 4.69. The van der Waals surface area contributed by atoms with Gasteiger partial charge in [0.1, 0.15) is 5.82 Å². The van der Waals surface area contributed by atoms with Gasteiger partial charge in [-0.2, -0.15) is 0 Å². The first-order valence-corrected chi connectivity index (χ1v) is 7.70. The molecule has 3 rings (SSSR count).